The van der Waals surface area contributed by atoms with Crippen molar-refractivity contribution in [3.63, 3.8) is 0 Å². The van der Waals surface area contributed by atoms with E-state index in [1.807, 2.05) is 37.3 Å². The Kier molecular flexibility index (Phi) is 6.04. The molecule has 4 heterocycles. The molecule has 1 fully saturated rings. The summed E-state index contributed by atoms with van der Waals surface area (Å²) >= 11 is 0. The van der Waals surface area contributed by atoms with Crippen LogP contribution in [0, 0.1) is 18.7 Å². The Hall–Kier alpha value is -3.62. The number of aryl methyl sites for hydroxylation is 2. The fourth-order valence-corrected chi connectivity index (χ4v) is 5.91. The van der Waals surface area contributed by atoms with Crippen LogP contribution in [0.1, 0.15) is 49.6 Å². The van der Waals surface area contributed by atoms with E-state index < -0.39 is 5.60 Å². The van der Waals surface area contributed by atoms with Crippen molar-refractivity contribution in [2.75, 3.05) is 13.2 Å². The highest BCUT2D eigenvalue weighted by atomic mass is 19.1. The van der Waals surface area contributed by atoms with Crippen molar-refractivity contribution in [2.24, 2.45) is 13.0 Å². The summed E-state index contributed by atoms with van der Waals surface area (Å²) in [5.41, 5.74) is 4.47. The lowest BCUT2D eigenvalue weighted by Crippen LogP contribution is -2.27. The molecule has 0 saturated carbocycles. The Bertz CT molecular complexity index is 1610. The third kappa shape index (κ3) is 3.99. The Morgan fingerprint density at radius 3 is 2.50 bits per heavy atom. The number of fused-ring (bicyclic) bond motifs is 3. The van der Waals surface area contributed by atoms with Gasteiger partial charge < -0.3 is 14.4 Å². The van der Waals surface area contributed by atoms with Crippen molar-refractivity contribution in [1.29, 1.82) is 0 Å². The van der Waals surface area contributed by atoms with Crippen LogP contribution in [0.25, 0.3) is 33.2 Å². The number of halogens is 1. The average molecular weight is 514 g/mol. The first-order valence-electron chi connectivity index (χ1n) is 13.1. The molecule has 196 valence electrons. The summed E-state index contributed by atoms with van der Waals surface area (Å²) in [6, 6.07) is 15.9. The number of aliphatic hydroxyl groups is 1. The molecular formula is C30H32FN5O2. The van der Waals surface area contributed by atoms with E-state index in [4.69, 9.17) is 9.72 Å². The molecule has 1 aliphatic rings. The zero-order valence-corrected chi connectivity index (χ0v) is 22.1. The van der Waals surface area contributed by atoms with Gasteiger partial charge in [0.25, 0.3) is 0 Å². The van der Waals surface area contributed by atoms with Crippen LogP contribution in [0.2, 0.25) is 0 Å². The maximum Gasteiger partial charge on any atom is 0.156 e. The summed E-state index contributed by atoms with van der Waals surface area (Å²) in [7, 11) is 1.78. The molecular weight excluding hydrogens is 481 g/mol. The van der Waals surface area contributed by atoms with Crippen LogP contribution in [0.3, 0.4) is 0 Å². The standard InChI is InChI=1S/C30H32FN5O2/c1-18-27(35(4)34-33-18)22-10-11-23-26-24(16-21(17-32-26)30(2,3)37)36(29(23)25(22)31)28(19-8-6-5-7-9-19)20-12-14-38-15-13-20/h5-11,16-17,20,28,37H,12-15H2,1-4H3/t28-/m1/s1. The smallest absolute Gasteiger partial charge is 0.156 e. The lowest BCUT2D eigenvalue weighted by molar-refractivity contribution is 0.0552. The zero-order chi connectivity index (χ0) is 26.6. The zero-order valence-electron chi connectivity index (χ0n) is 22.1. The van der Waals surface area contributed by atoms with Gasteiger partial charge in [-0.1, -0.05) is 35.5 Å². The number of hydrogen-bond acceptors (Lipinski definition) is 5. The van der Waals surface area contributed by atoms with E-state index in [2.05, 4.69) is 27.0 Å². The number of ether oxygens (including phenoxy) is 1. The fourth-order valence-electron chi connectivity index (χ4n) is 5.91. The Morgan fingerprint density at radius 2 is 1.84 bits per heavy atom. The predicted octanol–water partition coefficient (Wildman–Crippen LogP) is 5.68. The number of benzene rings is 2. The second-order valence-corrected chi connectivity index (χ2v) is 10.8. The van der Waals surface area contributed by atoms with Gasteiger partial charge in [0.2, 0.25) is 0 Å². The highest BCUT2D eigenvalue weighted by Gasteiger charge is 2.32. The van der Waals surface area contributed by atoms with Gasteiger partial charge in [-0.25, -0.2) is 9.07 Å². The van der Waals surface area contributed by atoms with Crippen molar-refractivity contribution in [1.82, 2.24) is 24.5 Å². The first-order chi connectivity index (χ1) is 18.3. The molecule has 0 radical (unpaired) electrons. The molecule has 1 N–H and O–H groups in total. The van der Waals surface area contributed by atoms with Gasteiger partial charge in [-0.2, -0.15) is 0 Å². The van der Waals surface area contributed by atoms with E-state index >= 15 is 4.39 Å². The van der Waals surface area contributed by atoms with Crippen molar-refractivity contribution < 1.29 is 14.2 Å². The van der Waals surface area contributed by atoms with Gasteiger partial charge in [0.1, 0.15) is 0 Å². The minimum absolute atomic E-state index is 0.144. The van der Waals surface area contributed by atoms with Crippen molar-refractivity contribution in [3.05, 3.63) is 77.4 Å². The molecule has 0 amide bonds. The van der Waals surface area contributed by atoms with Gasteiger partial charge in [0.15, 0.2) is 5.82 Å². The summed E-state index contributed by atoms with van der Waals surface area (Å²) in [6.07, 6.45) is 3.43. The van der Waals surface area contributed by atoms with E-state index in [9.17, 15) is 5.11 Å². The molecule has 38 heavy (non-hydrogen) atoms. The number of pyridine rings is 1. The summed E-state index contributed by atoms with van der Waals surface area (Å²) < 4.78 is 26.3. The molecule has 0 bridgehead atoms. The molecule has 3 aromatic heterocycles. The van der Waals surface area contributed by atoms with Crippen LogP contribution in [0.4, 0.5) is 4.39 Å². The Labute approximate surface area is 220 Å². The topological polar surface area (TPSA) is 78.0 Å². The normalized spacial score (nSPS) is 15.9. The predicted molar refractivity (Wildman–Crippen MR) is 145 cm³/mol. The van der Waals surface area contributed by atoms with Crippen LogP contribution >= 0.6 is 0 Å². The second-order valence-electron chi connectivity index (χ2n) is 10.8. The third-order valence-corrected chi connectivity index (χ3v) is 7.83. The van der Waals surface area contributed by atoms with E-state index in [-0.39, 0.29) is 17.8 Å². The molecule has 6 rings (SSSR count). The van der Waals surface area contributed by atoms with Gasteiger partial charge in [-0.15, -0.1) is 5.10 Å². The third-order valence-electron chi connectivity index (χ3n) is 7.83. The van der Waals surface area contributed by atoms with Crippen LogP contribution in [-0.2, 0) is 17.4 Å². The van der Waals surface area contributed by atoms with E-state index in [1.54, 1.807) is 37.8 Å². The monoisotopic (exact) mass is 513 g/mol. The Balaban J connectivity index is 1.74. The largest absolute Gasteiger partial charge is 0.386 e. The summed E-state index contributed by atoms with van der Waals surface area (Å²) in [4.78, 5) is 4.78. The van der Waals surface area contributed by atoms with Gasteiger partial charge in [0, 0.05) is 43.0 Å². The fraction of sp³-hybridized carbons (Fsp3) is 0.367. The Morgan fingerprint density at radius 1 is 1.11 bits per heavy atom. The van der Waals surface area contributed by atoms with Crippen molar-refractivity contribution >= 4 is 21.9 Å². The van der Waals surface area contributed by atoms with Crippen molar-refractivity contribution in [2.45, 2.75) is 45.3 Å². The summed E-state index contributed by atoms with van der Waals surface area (Å²) in [6.45, 7) is 6.67. The molecule has 7 nitrogen and oxygen atoms in total. The molecule has 1 saturated heterocycles. The highest BCUT2D eigenvalue weighted by Crippen LogP contribution is 2.43. The van der Waals surface area contributed by atoms with Gasteiger partial charge in [-0.05, 0) is 63.3 Å². The molecule has 0 unspecified atom stereocenters. The average Bonchev–Trinajstić information content (AvgIpc) is 3.42. The van der Waals surface area contributed by atoms with Crippen LogP contribution < -0.4 is 0 Å². The maximum atomic E-state index is 16.9. The molecule has 5 aromatic rings. The van der Waals surface area contributed by atoms with Crippen LogP contribution in [-0.4, -0.2) is 42.9 Å². The van der Waals surface area contributed by atoms with E-state index in [0.29, 0.717) is 46.8 Å². The molecule has 1 aliphatic heterocycles. The second kappa shape index (κ2) is 9.29. The number of rotatable bonds is 5. The number of hydrogen-bond donors (Lipinski definition) is 1. The maximum absolute atomic E-state index is 16.9. The van der Waals surface area contributed by atoms with Crippen LogP contribution in [0.15, 0.2) is 54.7 Å². The first kappa shape index (κ1) is 24.7. The summed E-state index contributed by atoms with van der Waals surface area (Å²) in [5, 5.41) is 19.9. The minimum atomic E-state index is -1.09. The van der Waals surface area contributed by atoms with E-state index in [1.165, 1.54) is 0 Å². The number of nitrogens with zero attached hydrogens (tertiary/aromatic N) is 5. The quantitative estimate of drug-likeness (QED) is 0.327. The molecule has 8 heteroatoms. The molecule has 1 atom stereocenters. The van der Waals surface area contributed by atoms with Crippen LogP contribution in [0.5, 0.6) is 0 Å². The SMILES string of the molecule is Cc1nnn(C)c1-c1ccc2c3ncc(C(C)(C)O)cc3n([C@H](c3ccccc3)C3CCOCC3)c2c1F. The number of aromatic nitrogens is 5. The summed E-state index contributed by atoms with van der Waals surface area (Å²) in [5.74, 6) is -0.0919. The van der Waals surface area contributed by atoms with Crippen molar-refractivity contribution in [3.8, 4) is 11.3 Å². The molecule has 2 aromatic carbocycles. The molecule has 0 spiro atoms. The van der Waals surface area contributed by atoms with Gasteiger partial charge in [-0.3, -0.25) is 4.98 Å². The first-order valence-corrected chi connectivity index (χ1v) is 13.1. The highest BCUT2D eigenvalue weighted by molar-refractivity contribution is 6.07. The lowest BCUT2D eigenvalue weighted by Gasteiger charge is -2.33. The minimum Gasteiger partial charge on any atom is -0.386 e. The van der Waals surface area contributed by atoms with E-state index in [0.717, 1.165) is 29.3 Å². The van der Waals surface area contributed by atoms with Gasteiger partial charge in [0.05, 0.1) is 39.6 Å². The lowest BCUT2D eigenvalue weighted by atomic mass is 9.86. The van der Waals surface area contributed by atoms with Gasteiger partial charge >= 0.3 is 0 Å². The molecule has 0 aliphatic carbocycles.